The summed E-state index contributed by atoms with van der Waals surface area (Å²) in [6, 6.07) is 9.37. The van der Waals surface area contributed by atoms with Crippen LogP contribution in [0.5, 0.6) is 0 Å². The van der Waals surface area contributed by atoms with Gasteiger partial charge in [0.15, 0.2) is 6.10 Å². The monoisotopic (exact) mass is 426 g/mol. The van der Waals surface area contributed by atoms with E-state index in [9.17, 15) is 19.2 Å². The molecule has 3 rings (SSSR count). The van der Waals surface area contributed by atoms with Crippen LogP contribution in [0.15, 0.2) is 36.4 Å². The van der Waals surface area contributed by atoms with Crippen LogP contribution in [0, 0.1) is 13.8 Å². The van der Waals surface area contributed by atoms with Crippen molar-refractivity contribution in [3.8, 4) is 0 Å². The Balaban J connectivity index is 1.74. The Morgan fingerprint density at radius 1 is 1.10 bits per heavy atom. The van der Waals surface area contributed by atoms with Crippen LogP contribution in [0.1, 0.15) is 42.2 Å². The van der Waals surface area contributed by atoms with Gasteiger partial charge in [-0.1, -0.05) is 29.8 Å². The molecule has 3 amide bonds. The van der Waals surface area contributed by atoms with Crippen molar-refractivity contribution < 1.29 is 28.7 Å². The molecule has 1 heterocycles. The van der Waals surface area contributed by atoms with Crippen LogP contribution in [-0.4, -0.2) is 49.5 Å². The normalized spacial score (nSPS) is 13.8. The summed E-state index contributed by atoms with van der Waals surface area (Å²) in [6.45, 7) is 3.20. The van der Waals surface area contributed by atoms with Gasteiger partial charge in [0.25, 0.3) is 17.7 Å². The SMILES string of the molecule is [B]OC(=O)[C@H](CNC(=O)c1ccc(C)c(C)c1Cl)ON1C(=O)c2ccccc2C1=O. The first-order valence-corrected chi connectivity index (χ1v) is 9.23. The van der Waals surface area contributed by atoms with Crippen molar-refractivity contribution in [2.75, 3.05) is 6.54 Å². The van der Waals surface area contributed by atoms with Crippen LogP contribution >= 0.6 is 11.6 Å². The molecule has 0 aliphatic carbocycles. The van der Waals surface area contributed by atoms with E-state index < -0.39 is 36.3 Å². The summed E-state index contributed by atoms with van der Waals surface area (Å²) in [5.41, 5.74) is 2.11. The molecule has 30 heavy (non-hydrogen) atoms. The van der Waals surface area contributed by atoms with E-state index in [2.05, 4.69) is 9.97 Å². The minimum absolute atomic E-state index is 0.133. The standard InChI is InChI=1S/C20H16BClN2O6/c1-10-7-8-14(16(22)11(10)2)17(25)23-9-15(20(28)29-21)30-24-18(26)12-5-3-4-6-13(12)19(24)27/h3-8,15H,9H2,1-2H3,(H,23,25)/t15-/m0/s1. The number of nitrogens with one attached hydrogen (secondary N) is 1. The fourth-order valence-electron chi connectivity index (χ4n) is 2.87. The second-order valence-electron chi connectivity index (χ2n) is 6.56. The van der Waals surface area contributed by atoms with Gasteiger partial charge in [0.2, 0.25) is 0 Å². The predicted octanol–water partition coefficient (Wildman–Crippen LogP) is 1.91. The Hall–Kier alpha value is -3.17. The molecule has 8 nitrogen and oxygen atoms in total. The molecule has 1 aliphatic rings. The zero-order valence-corrected chi connectivity index (χ0v) is 16.9. The second-order valence-corrected chi connectivity index (χ2v) is 6.94. The van der Waals surface area contributed by atoms with Crippen LogP contribution in [-0.2, 0) is 14.3 Å². The lowest BCUT2D eigenvalue weighted by Gasteiger charge is -2.21. The first-order chi connectivity index (χ1) is 14.3. The maximum Gasteiger partial charge on any atom is 0.378 e. The number of aryl methyl sites for hydroxylation is 1. The van der Waals surface area contributed by atoms with Crippen LogP contribution in [0.2, 0.25) is 5.02 Å². The molecular weight excluding hydrogens is 410 g/mol. The van der Waals surface area contributed by atoms with Gasteiger partial charge in [-0.25, -0.2) is 4.84 Å². The van der Waals surface area contributed by atoms with E-state index in [1.165, 1.54) is 12.1 Å². The lowest BCUT2D eigenvalue weighted by molar-refractivity contribution is -0.170. The summed E-state index contributed by atoms with van der Waals surface area (Å²) >= 11 is 6.22. The van der Waals surface area contributed by atoms with Crippen molar-refractivity contribution in [1.82, 2.24) is 10.4 Å². The van der Waals surface area contributed by atoms with Crippen LogP contribution < -0.4 is 5.32 Å². The topological polar surface area (TPSA) is 102 Å². The molecule has 2 aromatic rings. The van der Waals surface area contributed by atoms with E-state index in [1.807, 2.05) is 6.92 Å². The Kier molecular flexibility index (Phi) is 6.24. The van der Waals surface area contributed by atoms with Crippen molar-refractivity contribution in [3.05, 3.63) is 69.2 Å². The van der Waals surface area contributed by atoms with Crippen LogP contribution in [0.25, 0.3) is 0 Å². The largest absolute Gasteiger partial charge is 0.541 e. The van der Waals surface area contributed by atoms with Gasteiger partial charge in [-0.15, -0.1) is 5.06 Å². The minimum Gasteiger partial charge on any atom is -0.541 e. The smallest absolute Gasteiger partial charge is 0.378 e. The summed E-state index contributed by atoms with van der Waals surface area (Å²) in [5, 5.41) is 3.19. The number of carbonyl (C=O) groups is 4. The van der Waals surface area contributed by atoms with Crippen LogP contribution in [0.3, 0.4) is 0 Å². The summed E-state index contributed by atoms with van der Waals surface area (Å²) in [6.07, 6.45) is -1.55. The molecular formula is C20H16BClN2O6. The van der Waals surface area contributed by atoms with Gasteiger partial charge in [-0.2, -0.15) is 0 Å². The van der Waals surface area contributed by atoms with Crippen molar-refractivity contribution in [2.45, 2.75) is 20.0 Å². The van der Waals surface area contributed by atoms with E-state index in [-0.39, 0.29) is 21.7 Å². The molecule has 1 atom stereocenters. The van der Waals surface area contributed by atoms with Gasteiger partial charge in [0.05, 0.1) is 28.3 Å². The lowest BCUT2D eigenvalue weighted by Crippen LogP contribution is -2.45. The molecule has 152 valence electrons. The molecule has 0 unspecified atom stereocenters. The third-order valence-electron chi connectivity index (χ3n) is 4.72. The highest BCUT2D eigenvalue weighted by atomic mass is 35.5. The summed E-state index contributed by atoms with van der Waals surface area (Å²) < 4.78 is 4.18. The lowest BCUT2D eigenvalue weighted by atomic mass is 10.1. The molecule has 1 N–H and O–H groups in total. The third kappa shape index (κ3) is 3.94. The van der Waals surface area contributed by atoms with Gasteiger partial charge in [0, 0.05) is 0 Å². The molecule has 2 aromatic carbocycles. The Labute approximate surface area is 178 Å². The van der Waals surface area contributed by atoms with Crippen molar-refractivity contribution in [3.63, 3.8) is 0 Å². The zero-order valence-electron chi connectivity index (χ0n) is 16.1. The van der Waals surface area contributed by atoms with E-state index in [0.29, 0.717) is 5.06 Å². The second kappa shape index (κ2) is 8.68. The molecule has 0 saturated heterocycles. The average Bonchev–Trinajstić information content (AvgIpc) is 2.99. The number of fused-ring (bicyclic) bond motifs is 1. The Morgan fingerprint density at radius 3 is 2.27 bits per heavy atom. The number of benzene rings is 2. The number of carbonyl (C=O) groups excluding carboxylic acids is 4. The van der Waals surface area contributed by atoms with Gasteiger partial charge < -0.3 is 9.97 Å². The summed E-state index contributed by atoms with van der Waals surface area (Å²) in [7, 11) is 4.93. The highest BCUT2D eigenvalue weighted by Crippen LogP contribution is 2.25. The molecule has 0 fully saturated rings. The average molecular weight is 427 g/mol. The van der Waals surface area contributed by atoms with E-state index in [4.69, 9.17) is 24.5 Å². The number of hydroxylamine groups is 2. The van der Waals surface area contributed by atoms with E-state index in [1.54, 1.807) is 31.2 Å². The fourth-order valence-corrected chi connectivity index (χ4v) is 3.17. The molecule has 0 bridgehead atoms. The van der Waals surface area contributed by atoms with Gasteiger partial charge in [-0.3, -0.25) is 19.2 Å². The van der Waals surface area contributed by atoms with E-state index in [0.717, 1.165) is 11.1 Å². The van der Waals surface area contributed by atoms with Gasteiger partial charge in [0.1, 0.15) is 0 Å². The minimum atomic E-state index is -1.55. The molecule has 0 saturated carbocycles. The van der Waals surface area contributed by atoms with Gasteiger partial charge in [-0.05, 0) is 43.2 Å². The Bertz CT molecular complexity index is 1020. The number of imide groups is 1. The third-order valence-corrected chi connectivity index (χ3v) is 5.21. The molecule has 2 radical (unpaired) electrons. The van der Waals surface area contributed by atoms with Crippen molar-refractivity contribution in [1.29, 1.82) is 0 Å². The number of amides is 3. The molecule has 0 aromatic heterocycles. The quantitative estimate of drug-likeness (QED) is 0.559. The highest BCUT2D eigenvalue weighted by Gasteiger charge is 2.39. The molecule has 10 heteroatoms. The maximum atomic E-state index is 12.5. The molecule has 1 aliphatic heterocycles. The molecule has 0 spiro atoms. The first-order valence-electron chi connectivity index (χ1n) is 8.85. The zero-order chi connectivity index (χ0) is 22.0. The number of rotatable bonds is 6. The maximum absolute atomic E-state index is 12.5. The fraction of sp³-hybridized carbons (Fsp3) is 0.200. The van der Waals surface area contributed by atoms with Crippen LogP contribution in [0.4, 0.5) is 0 Å². The van der Waals surface area contributed by atoms with E-state index >= 15 is 0 Å². The highest BCUT2D eigenvalue weighted by molar-refractivity contribution is 6.34. The summed E-state index contributed by atoms with van der Waals surface area (Å²) in [4.78, 5) is 54.6. The number of hydrogen-bond acceptors (Lipinski definition) is 6. The summed E-state index contributed by atoms with van der Waals surface area (Å²) in [5.74, 6) is -3.15. The number of nitrogens with zero attached hydrogens (tertiary/aromatic N) is 1. The first kappa shape index (κ1) is 21.5. The Morgan fingerprint density at radius 2 is 1.70 bits per heavy atom. The number of halogens is 1. The van der Waals surface area contributed by atoms with Crippen molar-refractivity contribution >= 4 is 43.3 Å². The number of hydrogen-bond donors (Lipinski definition) is 1. The van der Waals surface area contributed by atoms with Gasteiger partial charge >= 0.3 is 14.0 Å². The predicted molar refractivity (Wildman–Crippen MR) is 107 cm³/mol. The van der Waals surface area contributed by atoms with Crippen molar-refractivity contribution in [2.24, 2.45) is 0 Å².